The number of pyridine rings is 1. The standard InChI is InChI=1S/C25H32N8/c1-4-7-12-23-27-24(33(30-23)17-18(5-2)6-3)15-19-13-14-22(26-16-19)20-10-8-9-11-21(20)25-28-31-32-29-25/h8-11,13-14,16,18H,4-7,12,15,17H2,1-3H3,(H,28,29,31,32). The van der Waals surface area contributed by atoms with Crippen LogP contribution >= 0.6 is 0 Å². The molecule has 1 N–H and O–H groups in total. The molecule has 0 spiro atoms. The van der Waals surface area contributed by atoms with Crippen molar-refractivity contribution in [2.24, 2.45) is 5.92 Å². The Hall–Kier alpha value is -3.42. The van der Waals surface area contributed by atoms with Gasteiger partial charge in [-0.1, -0.05) is 70.4 Å². The van der Waals surface area contributed by atoms with Crippen molar-refractivity contribution in [3.63, 3.8) is 0 Å². The molecule has 0 aliphatic carbocycles. The molecule has 0 saturated carbocycles. The van der Waals surface area contributed by atoms with Crippen LogP contribution in [-0.2, 0) is 19.4 Å². The van der Waals surface area contributed by atoms with Crippen LogP contribution in [0, 0.1) is 5.92 Å². The lowest BCUT2D eigenvalue weighted by Gasteiger charge is -2.14. The highest BCUT2D eigenvalue weighted by atomic mass is 15.5. The number of aromatic amines is 1. The Labute approximate surface area is 194 Å². The van der Waals surface area contributed by atoms with Gasteiger partial charge >= 0.3 is 0 Å². The second-order valence-corrected chi connectivity index (χ2v) is 8.44. The van der Waals surface area contributed by atoms with Crippen LogP contribution in [0.3, 0.4) is 0 Å². The van der Waals surface area contributed by atoms with E-state index in [0.29, 0.717) is 11.7 Å². The molecule has 33 heavy (non-hydrogen) atoms. The second-order valence-electron chi connectivity index (χ2n) is 8.44. The van der Waals surface area contributed by atoms with Crippen molar-refractivity contribution < 1.29 is 0 Å². The zero-order chi connectivity index (χ0) is 23.0. The highest BCUT2D eigenvalue weighted by Gasteiger charge is 2.15. The number of aryl methyl sites for hydroxylation is 1. The number of aromatic nitrogens is 8. The number of rotatable bonds is 11. The van der Waals surface area contributed by atoms with E-state index in [9.17, 15) is 0 Å². The average Bonchev–Trinajstić information content (AvgIpc) is 3.52. The normalized spacial score (nSPS) is 11.4. The Morgan fingerprint density at radius 1 is 1.00 bits per heavy atom. The summed E-state index contributed by atoms with van der Waals surface area (Å²) in [6, 6.07) is 12.2. The predicted octanol–water partition coefficient (Wildman–Crippen LogP) is 4.89. The van der Waals surface area contributed by atoms with Crippen molar-refractivity contribution in [1.29, 1.82) is 0 Å². The molecule has 0 atom stereocenters. The van der Waals surface area contributed by atoms with Crippen LogP contribution in [0.5, 0.6) is 0 Å². The summed E-state index contributed by atoms with van der Waals surface area (Å²) >= 11 is 0. The van der Waals surface area contributed by atoms with Gasteiger partial charge in [-0.2, -0.15) is 5.10 Å². The SMILES string of the molecule is CCCCc1nc(Cc2ccc(-c3ccccc3-c3nnn[nH]3)nc2)n(CC(CC)CC)n1. The Morgan fingerprint density at radius 2 is 1.82 bits per heavy atom. The maximum Gasteiger partial charge on any atom is 0.180 e. The summed E-state index contributed by atoms with van der Waals surface area (Å²) in [6.45, 7) is 7.62. The Bertz CT molecular complexity index is 1130. The molecule has 0 aliphatic heterocycles. The largest absolute Gasteiger partial charge is 0.256 e. The maximum absolute atomic E-state index is 4.89. The Kier molecular flexibility index (Phi) is 7.55. The molecule has 4 rings (SSSR count). The number of nitrogens with one attached hydrogen (secondary N) is 1. The third-order valence-corrected chi connectivity index (χ3v) is 6.12. The van der Waals surface area contributed by atoms with Gasteiger partial charge in [0.1, 0.15) is 5.82 Å². The minimum Gasteiger partial charge on any atom is -0.256 e. The number of hydrogen-bond donors (Lipinski definition) is 1. The molecule has 3 aromatic heterocycles. The Balaban J connectivity index is 1.57. The van der Waals surface area contributed by atoms with Crippen molar-refractivity contribution in [3.8, 4) is 22.6 Å². The topological polar surface area (TPSA) is 98.1 Å². The fraction of sp³-hybridized carbons (Fsp3) is 0.440. The van der Waals surface area contributed by atoms with Crippen LogP contribution in [-0.4, -0.2) is 40.4 Å². The van der Waals surface area contributed by atoms with Gasteiger partial charge in [0.15, 0.2) is 11.6 Å². The summed E-state index contributed by atoms with van der Waals surface area (Å²) in [4.78, 5) is 9.65. The van der Waals surface area contributed by atoms with Crippen LogP contribution in [0.1, 0.15) is 63.7 Å². The minimum absolute atomic E-state index is 0.618. The van der Waals surface area contributed by atoms with E-state index in [0.717, 1.165) is 79.1 Å². The van der Waals surface area contributed by atoms with Gasteiger partial charge in [-0.15, -0.1) is 5.10 Å². The lowest BCUT2D eigenvalue weighted by molar-refractivity contribution is 0.387. The summed E-state index contributed by atoms with van der Waals surface area (Å²) in [5, 5.41) is 19.1. The summed E-state index contributed by atoms with van der Waals surface area (Å²) in [7, 11) is 0. The van der Waals surface area contributed by atoms with E-state index in [1.165, 1.54) is 0 Å². The highest BCUT2D eigenvalue weighted by molar-refractivity contribution is 5.78. The number of H-pyrrole nitrogens is 1. The molecule has 0 aliphatic rings. The minimum atomic E-state index is 0.618. The van der Waals surface area contributed by atoms with Gasteiger partial charge < -0.3 is 0 Å². The third kappa shape index (κ3) is 5.50. The molecule has 8 heteroatoms. The van der Waals surface area contributed by atoms with Gasteiger partial charge in [-0.05, 0) is 34.4 Å². The lowest BCUT2D eigenvalue weighted by atomic mass is 10.0. The fourth-order valence-electron chi connectivity index (χ4n) is 3.99. The molecule has 0 saturated heterocycles. The van der Waals surface area contributed by atoms with Gasteiger partial charge in [0.05, 0.1) is 5.69 Å². The smallest absolute Gasteiger partial charge is 0.180 e. The first-order chi connectivity index (χ1) is 16.2. The van der Waals surface area contributed by atoms with Crippen LogP contribution in [0.4, 0.5) is 0 Å². The van der Waals surface area contributed by atoms with E-state index in [4.69, 9.17) is 15.1 Å². The molecule has 1 aromatic carbocycles. The van der Waals surface area contributed by atoms with E-state index in [1.54, 1.807) is 0 Å². The first-order valence-electron chi connectivity index (χ1n) is 11.9. The van der Waals surface area contributed by atoms with E-state index < -0.39 is 0 Å². The zero-order valence-corrected chi connectivity index (χ0v) is 19.7. The first kappa shape index (κ1) is 22.8. The zero-order valence-electron chi connectivity index (χ0n) is 19.7. The predicted molar refractivity (Wildman–Crippen MR) is 128 cm³/mol. The lowest BCUT2D eigenvalue weighted by Crippen LogP contribution is -2.14. The van der Waals surface area contributed by atoms with Gasteiger partial charge in [0.2, 0.25) is 0 Å². The van der Waals surface area contributed by atoms with Crippen molar-refractivity contribution in [2.45, 2.75) is 65.8 Å². The maximum atomic E-state index is 4.89. The van der Waals surface area contributed by atoms with E-state index in [1.807, 2.05) is 30.5 Å². The summed E-state index contributed by atoms with van der Waals surface area (Å²) in [5.74, 6) is 3.23. The molecule has 0 bridgehead atoms. The number of nitrogens with zero attached hydrogens (tertiary/aromatic N) is 7. The van der Waals surface area contributed by atoms with Crippen molar-refractivity contribution in [3.05, 3.63) is 59.8 Å². The van der Waals surface area contributed by atoms with Crippen LogP contribution < -0.4 is 0 Å². The molecule has 8 nitrogen and oxygen atoms in total. The average molecular weight is 445 g/mol. The van der Waals surface area contributed by atoms with Gasteiger partial charge in [0, 0.05) is 36.7 Å². The molecule has 172 valence electrons. The second kappa shape index (κ2) is 10.9. The van der Waals surface area contributed by atoms with E-state index in [-0.39, 0.29) is 0 Å². The number of tetrazole rings is 1. The van der Waals surface area contributed by atoms with Crippen LogP contribution in [0.2, 0.25) is 0 Å². The van der Waals surface area contributed by atoms with Crippen molar-refractivity contribution >= 4 is 0 Å². The molecule has 0 unspecified atom stereocenters. The van der Waals surface area contributed by atoms with Gasteiger partial charge in [-0.3, -0.25) is 4.98 Å². The van der Waals surface area contributed by atoms with Crippen LogP contribution in [0.15, 0.2) is 42.6 Å². The van der Waals surface area contributed by atoms with E-state index >= 15 is 0 Å². The first-order valence-corrected chi connectivity index (χ1v) is 11.9. The third-order valence-electron chi connectivity index (χ3n) is 6.12. The molecular formula is C25H32N8. The summed E-state index contributed by atoms with van der Waals surface area (Å²) < 4.78 is 2.13. The fourth-order valence-corrected chi connectivity index (χ4v) is 3.99. The van der Waals surface area contributed by atoms with Gasteiger partial charge in [-0.25, -0.2) is 14.8 Å². The Morgan fingerprint density at radius 3 is 2.48 bits per heavy atom. The molecule has 4 aromatic rings. The number of unbranched alkanes of at least 4 members (excludes halogenated alkanes) is 1. The van der Waals surface area contributed by atoms with Crippen LogP contribution in [0.25, 0.3) is 22.6 Å². The number of hydrogen-bond acceptors (Lipinski definition) is 6. The van der Waals surface area contributed by atoms with Gasteiger partial charge in [0.25, 0.3) is 0 Å². The van der Waals surface area contributed by atoms with Crippen molar-refractivity contribution in [1.82, 2.24) is 40.4 Å². The molecular weight excluding hydrogens is 412 g/mol. The molecule has 3 heterocycles. The molecule has 0 radical (unpaired) electrons. The summed E-state index contributed by atoms with van der Waals surface area (Å²) in [6.07, 6.45) is 8.15. The molecule has 0 amide bonds. The van der Waals surface area contributed by atoms with E-state index in [2.05, 4.69) is 58.2 Å². The molecule has 0 fully saturated rings. The summed E-state index contributed by atoms with van der Waals surface area (Å²) in [5.41, 5.74) is 3.92. The highest BCUT2D eigenvalue weighted by Crippen LogP contribution is 2.28. The number of benzene rings is 1. The monoisotopic (exact) mass is 444 g/mol. The quantitative estimate of drug-likeness (QED) is 0.354. The van der Waals surface area contributed by atoms with Crippen molar-refractivity contribution in [2.75, 3.05) is 0 Å².